The van der Waals surface area contributed by atoms with Gasteiger partial charge in [0.15, 0.2) is 0 Å². The average Bonchev–Trinajstić information content (AvgIpc) is 2.27. The highest BCUT2D eigenvalue weighted by Gasteiger charge is 2.25. The molecule has 0 atom stereocenters. The Balaban J connectivity index is 2.57. The van der Waals surface area contributed by atoms with Crippen LogP contribution in [0.15, 0.2) is 12.1 Å². The molecule has 2 rings (SSSR count). The van der Waals surface area contributed by atoms with Gasteiger partial charge in [-0.05, 0) is 18.1 Å². The number of hydrogen-bond donors (Lipinski definition) is 1. The van der Waals surface area contributed by atoms with Gasteiger partial charge in [0.25, 0.3) is 5.69 Å². The summed E-state index contributed by atoms with van der Waals surface area (Å²) in [6.07, 6.45) is 0.844. The lowest BCUT2D eigenvalue weighted by atomic mass is 10.0. The Morgan fingerprint density at radius 3 is 2.81 bits per heavy atom. The van der Waals surface area contributed by atoms with Crippen molar-refractivity contribution in [3.63, 3.8) is 0 Å². The number of nitrogens with zero attached hydrogens (tertiary/aromatic N) is 1. The van der Waals surface area contributed by atoms with Gasteiger partial charge < -0.3 is 10.1 Å². The zero-order valence-corrected chi connectivity index (χ0v) is 8.65. The van der Waals surface area contributed by atoms with E-state index in [1.54, 1.807) is 6.07 Å². The number of fused-ring (bicyclic) bond motifs is 1. The van der Waals surface area contributed by atoms with Gasteiger partial charge in [-0.2, -0.15) is 0 Å². The van der Waals surface area contributed by atoms with Crippen LogP contribution in [-0.2, 0) is 11.2 Å². The molecular formula is C10H10N2O4. The second-order valence-corrected chi connectivity index (χ2v) is 3.49. The van der Waals surface area contributed by atoms with Gasteiger partial charge in [-0.1, -0.05) is 0 Å². The van der Waals surface area contributed by atoms with Crippen molar-refractivity contribution in [3.8, 4) is 5.75 Å². The van der Waals surface area contributed by atoms with Gasteiger partial charge in [0, 0.05) is 6.42 Å². The Labute approximate surface area is 91.4 Å². The molecule has 1 N–H and O–H groups in total. The number of nitro benzene ring substituents is 1. The molecule has 1 aromatic carbocycles. The maximum Gasteiger partial charge on any atom is 0.296 e. The van der Waals surface area contributed by atoms with Crippen molar-refractivity contribution in [2.75, 3.05) is 12.4 Å². The van der Waals surface area contributed by atoms with Crippen LogP contribution in [0, 0.1) is 10.1 Å². The number of nitro groups is 1. The zero-order chi connectivity index (χ0) is 11.7. The first-order valence-electron chi connectivity index (χ1n) is 4.77. The van der Waals surface area contributed by atoms with Crippen molar-refractivity contribution in [2.45, 2.75) is 12.8 Å². The number of benzene rings is 1. The lowest BCUT2D eigenvalue weighted by Gasteiger charge is -2.17. The molecule has 0 saturated carbocycles. The van der Waals surface area contributed by atoms with Crippen LogP contribution in [0.5, 0.6) is 5.75 Å². The molecule has 84 valence electrons. The van der Waals surface area contributed by atoms with Crippen LogP contribution >= 0.6 is 0 Å². The Morgan fingerprint density at radius 2 is 2.19 bits per heavy atom. The van der Waals surface area contributed by atoms with Crippen molar-refractivity contribution >= 4 is 17.3 Å². The van der Waals surface area contributed by atoms with Crippen LogP contribution in [0.4, 0.5) is 11.4 Å². The summed E-state index contributed by atoms with van der Waals surface area (Å²) >= 11 is 0. The lowest BCUT2D eigenvalue weighted by molar-refractivity contribution is -0.384. The standard InChI is InChI=1S/C10H10N2O4/c1-16-7-4-6-2-3-9(13)11-10(6)8(5-7)12(14)15/h4-5H,2-3H2,1H3,(H,11,13). The first-order chi connectivity index (χ1) is 7.61. The van der Waals surface area contributed by atoms with Gasteiger partial charge in [-0.25, -0.2) is 0 Å². The summed E-state index contributed by atoms with van der Waals surface area (Å²) in [7, 11) is 1.45. The molecule has 0 aliphatic carbocycles. The highest BCUT2D eigenvalue weighted by Crippen LogP contribution is 2.36. The molecule has 1 amide bonds. The third-order valence-electron chi connectivity index (χ3n) is 2.49. The fraction of sp³-hybridized carbons (Fsp3) is 0.300. The number of methoxy groups -OCH3 is 1. The molecule has 6 heteroatoms. The van der Waals surface area contributed by atoms with Crippen LogP contribution in [0.2, 0.25) is 0 Å². The first kappa shape index (κ1) is 10.4. The van der Waals surface area contributed by atoms with E-state index in [0.717, 1.165) is 5.56 Å². The van der Waals surface area contributed by atoms with E-state index in [2.05, 4.69) is 5.32 Å². The fourth-order valence-electron chi connectivity index (χ4n) is 1.71. The number of amides is 1. The molecular weight excluding hydrogens is 212 g/mol. The Hall–Kier alpha value is -2.11. The number of anilines is 1. The van der Waals surface area contributed by atoms with Crippen molar-refractivity contribution in [2.24, 2.45) is 0 Å². The van der Waals surface area contributed by atoms with Crippen LogP contribution in [0.3, 0.4) is 0 Å². The van der Waals surface area contributed by atoms with Gasteiger partial charge in [-0.15, -0.1) is 0 Å². The largest absolute Gasteiger partial charge is 0.496 e. The van der Waals surface area contributed by atoms with E-state index >= 15 is 0 Å². The second-order valence-electron chi connectivity index (χ2n) is 3.49. The van der Waals surface area contributed by atoms with E-state index in [9.17, 15) is 14.9 Å². The molecule has 1 aliphatic heterocycles. The third-order valence-corrected chi connectivity index (χ3v) is 2.49. The smallest absolute Gasteiger partial charge is 0.296 e. The van der Waals surface area contributed by atoms with Gasteiger partial charge in [0.1, 0.15) is 11.4 Å². The van der Waals surface area contributed by atoms with E-state index < -0.39 is 4.92 Å². The summed E-state index contributed by atoms with van der Waals surface area (Å²) in [5, 5.41) is 13.4. The normalized spacial score (nSPS) is 13.9. The number of ether oxygens (including phenoxy) is 1. The number of aryl methyl sites for hydroxylation is 1. The minimum Gasteiger partial charge on any atom is -0.496 e. The predicted molar refractivity (Wildman–Crippen MR) is 56.6 cm³/mol. The number of rotatable bonds is 2. The van der Waals surface area contributed by atoms with Gasteiger partial charge in [0.05, 0.1) is 18.1 Å². The zero-order valence-electron chi connectivity index (χ0n) is 8.65. The minimum absolute atomic E-state index is 0.123. The quantitative estimate of drug-likeness (QED) is 0.607. The van der Waals surface area contributed by atoms with Crippen molar-refractivity contribution in [3.05, 3.63) is 27.8 Å². The molecule has 1 heterocycles. The summed E-state index contributed by atoms with van der Waals surface area (Å²) in [4.78, 5) is 21.5. The Morgan fingerprint density at radius 1 is 1.44 bits per heavy atom. The summed E-state index contributed by atoms with van der Waals surface area (Å²) in [5.74, 6) is 0.238. The Kier molecular flexibility index (Phi) is 2.47. The molecule has 6 nitrogen and oxygen atoms in total. The van der Waals surface area contributed by atoms with Crippen molar-refractivity contribution in [1.29, 1.82) is 0 Å². The summed E-state index contributed by atoms with van der Waals surface area (Å²) in [6.45, 7) is 0. The first-order valence-corrected chi connectivity index (χ1v) is 4.77. The van der Waals surface area contributed by atoms with E-state index in [-0.39, 0.29) is 11.6 Å². The van der Waals surface area contributed by atoms with Gasteiger partial charge in [-0.3, -0.25) is 14.9 Å². The van der Waals surface area contributed by atoms with E-state index in [1.807, 2.05) is 0 Å². The summed E-state index contributed by atoms with van der Waals surface area (Å²) in [6, 6.07) is 3.02. The molecule has 1 aromatic rings. The molecule has 16 heavy (non-hydrogen) atoms. The van der Waals surface area contributed by atoms with Crippen molar-refractivity contribution in [1.82, 2.24) is 0 Å². The number of carbonyl (C=O) groups excluding carboxylic acids is 1. The third kappa shape index (κ3) is 1.69. The van der Waals surface area contributed by atoms with E-state index in [4.69, 9.17) is 4.74 Å². The number of carbonyl (C=O) groups is 1. The van der Waals surface area contributed by atoms with E-state index in [1.165, 1.54) is 13.2 Å². The molecule has 0 radical (unpaired) electrons. The lowest BCUT2D eigenvalue weighted by Crippen LogP contribution is -2.20. The van der Waals surface area contributed by atoms with Crippen LogP contribution in [0.25, 0.3) is 0 Å². The Bertz CT molecular complexity index is 470. The van der Waals surface area contributed by atoms with Crippen molar-refractivity contribution < 1.29 is 14.5 Å². The fourth-order valence-corrected chi connectivity index (χ4v) is 1.71. The molecule has 0 bridgehead atoms. The maximum absolute atomic E-state index is 11.2. The number of nitrogens with one attached hydrogen (secondary N) is 1. The van der Waals surface area contributed by atoms with Crippen LogP contribution in [-0.4, -0.2) is 17.9 Å². The van der Waals surface area contributed by atoms with Crippen LogP contribution < -0.4 is 10.1 Å². The number of hydrogen-bond acceptors (Lipinski definition) is 4. The van der Waals surface area contributed by atoms with Crippen LogP contribution in [0.1, 0.15) is 12.0 Å². The van der Waals surface area contributed by atoms with E-state index in [0.29, 0.717) is 24.3 Å². The average molecular weight is 222 g/mol. The molecule has 0 fully saturated rings. The topological polar surface area (TPSA) is 81.5 Å². The summed E-state index contributed by atoms with van der Waals surface area (Å²) in [5.41, 5.74) is 0.912. The maximum atomic E-state index is 11.2. The predicted octanol–water partition coefficient (Wildman–Crippen LogP) is 1.49. The van der Waals surface area contributed by atoms with Gasteiger partial charge in [0.2, 0.25) is 5.91 Å². The van der Waals surface area contributed by atoms with Gasteiger partial charge >= 0.3 is 0 Å². The SMILES string of the molecule is COc1cc2c(c([N+](=O)[O-])c1)NC(=O)CC2. The molecule has 0 spiro atoms. The molecule has 0 saturated heterocycles. The highest BCUT2D eigenvalue weighted by atomic mass is 16.6. The minimum atomic E-state index is -0.521. The monoisotopic (exact) mass is 222 g/mol. The molecule has 1 aliphatic rings. The second kappa shape index (κ2) is 3.80. The molecule has 0 unspecified atom stereocenters. The highest BCUT2D eigenvalue weighted by molar-refractivity contribution is 5.96. The summed E-state index contributed by atoms with van der Waals surface area (Å²) < 4.78 is 4.98. The molecule has 0 aromatic heterocycles.